The topological polar surface area (TPSA) is 42.3 Å². The molecule has 0 aliphatic heterocycles. The van der Waals surface area contributed by atoms with Gasteiger partial charge in [0.1, 0.15) is 0 Å². The molecule has 1 aliphatic carbocycles. The van der Waals surface area contributed by atoms with Crippen molar-refractivity contribution in [1.29, 1.82) is 0 Å². The molecule has 1 amide bonds. The van der Waals surface area contributed by atoms with Gasteiger partial charge in [-0.15, -0.1) is 0 Å². The molecule has 1 aromatic carbocycles. The average Bonchev–Trinajstić information content (AvgIpc) is 2.55. The molecule has 0 N–H and O–H groups in total. The number of amides is 1. The van der Waals surface area contributed by atoms with Gasteiger partial charge in [-0.25, -0.2) is 0 Å². The molecule has 1 aliphatic rings. The van der Waals surface area contributed by atoms with E-state index in [1.54, 1.807) is 23.2 Å². The Bertz CT molecular complexity index is 824. The van der Waals surface area contributed by atoms with Gasteiger partial charge in [0.05, 0.1) is 12.1 Å². The van der Waals surface area contributed by atoms with Gasteiger partial charge >= 0.3 is 0 Å². The van der Waals surface area contributed by atoms with Gasteiger partial charge in [-0.3, -0.25) is 9.59 Å². The van der Waals surface area contributed by atoms with E-state index in [1.165, 1.54) is 10.6 Å². The number of hydrogen-bond acceptors (Lipinski definition) is 2. The molecule has 1 saturated carbocycles. The van der Waals surface area contributed by atoms with E-state index in [4.69, 9.17) is 11.6 Å². The Morgan fingerprint density at radius 3 is 2.58 bits per heavy atom. The Morgan fingerprint density at radius 2 is 1.96 bits per heavy atom. The van der Waals surface area contributed by atoms with Crippen LogP contribution in [0.3, 0.4) is 0 Å². The molecule has 1 fully saturated rings. The van der Waals surface area contributed by atoms with Crippen LogP contribution in [-0.4, -0.2) is 28.0 Å². The van der Waals surface area contributed by atoms with Crippen LogP contribution in [0.1, 0.15) is 42.1 Å². The standard InChI is InChI=1S/C19H21ClN2O2/c1-19(10-5-11-19)21(2)18(24)15-8-9-17(23)22(13-15)12-14-6-3-4-7-16(14)20/h3-4,6-9,13H,5,10-12H2,1-2H3. The second kappa shape index (κ2) is 6.44. The van der Waals surface area contributed by atoms with E-state index in [2.05, 4.69) is 6.92 Å². The summed E-state index contributed by atoms with van der Waals surface area (Å²) in [7, 11) is 1.84. The Balaban J connectivity index is 1.87. The number of pyridine rings is 1. The van der Waals surface area contributed by atoms with Crippen molar-refractivity contribution in [3.8, 4) is 0 Å². The van der Waals surface area contributed by atoms with Crippen molar-refractivity contribution in [2.45, 2.75) is 38.3 Å². The maximum atomic E-state index is 12.8. The maximum absolute atomic E-state index is 12.8. The molecule has 0 atom stereocenters. The highest BCUT2D eigenvalue weighted by Gasteiger charge is 2.38. The van der Waals surface area contributed by atoms with E-state index in [0.717, 1.165) is 24.8 Å². The van der Waals surface area contributed by atoms with Crippen LogP contribution in [0.4, 0.5) is 0 Å². The van der Waals surface area contributed by atoms with Crippen molar-refractivity contribution >= 4 is 17.5 Å². The first-order valence-corrected chi connectivity index (χ1v) is 8.51. The summed E-state index contributed by atoms with van der Waals surface area (Å²) in [5.74, 6) is -0.0508. The van der Waals surface area contributed by atoms with E-state index in [0.29, 0.717) is 17.1 Å². The molecule has 0 bridgehead atoms. The number of hydrogen-bond donors (Lipinski definition) is 0. The van der Waals surface area contributed by atoms with Crippen molar-refractivity contribution in [2.75, 3.05) is 7.05 Å². The third-order valence-electron chi connectivity index (χ3n) is 5.07. The van der Waals surface area contributed by atoms with Gasteiger partial charge in [0.2, 0.25) is 0 Å². The van der Waals surface area contributed by atoms with Gasteiger partial charge in [-0.05, 0) is 43.9 Å². The summed E-state index contributed by atoms with van der Waals surface area (Å²) in [6, 6.07) is 10.5. The second-order valence-corrected chi connectivity index (χ2v) is 7.10. The quantitative estimate of drug-likeness (QED) is 0.851. The normalized spacial score (nSPS) is 15.6. The fourth-order valence-electron chi connectivity index (χ4n) is 3.05. The molecule has 0 radical (unpaired) electrons. The molecule has 4 nitrogen and oxygen atoms in total. The van der Waals surface area contributed by atoms with Crippen molar-refractivity contribution in [2.24, 2.45) is 0 Å². The SMILES string of the molecule is CN(C(=O)c1ccc(=O)n(Cc2ccccc2Cl)c1)C1(C)CCC1. The molecular formula is C19H21ClN2O2. The smallest absolute Gasteiger partial charge is 0.255 e. The lowest BCUT2D eigenvalue weighted by Gasteiger charge is -2.46. The largest absolute Gasteiger partial charge is 0.336 e. The number of carbonyl (C=O) groups is 1. The summed E-state index contributed by atoms with van der Waals surface area (Å²) in [4.78, 5) is 26.7. The molecule has 126 valence electrons. The fourth-order valence-corrected chi connectivity index (χ4v) is 3.25. The summed E-state index contributed by atoms with van der Waals surface area (Å²) in [5.41, 5.74) is 1.16. The Labute approximate surface area is 146 Å². The van der Waals surface area contributed by atoms with Crippen LogP contribution in [-0.2, 0) is 6.54 Å². The molecular weight excluding hydrogens is 324 g/mol. The second-order valence-electron chi connectivity index (χ2n) is 6.69. The Hall–Kier alpha value is -2.07. The summed E-state index contributed by atoms with van der Waals surface area (Å²) >= 11 is 6.17. The van der Waals surface area contributed by atoms with Crippen molar-refractivity contribution in [3.63, 3.8) is 0 Å². The van der Waals surface area contributed by atoms with Crippen LogP contribution in [0.15, 0.2) is 47.4 Å². The van der Waals surface area contributed by atoms with Gasteiger partial charge in [-0.2, -0.15) is 0 Å². The first-order chi connectivity index (χ1) is 11.4. The minimum Gasteiger partial charge on any atom is -0.336 e. The third kappa shape index (κ3) is 3.11. The fraction of sp³-hybridized carbons (Fsp3) is 0.368. The lowest BCUT2D eigenvalue weighted by molar-refractivity contribution is 0.0366. The van der Waals surface area contributed by atoms with Crippen LogP contribution < -0.4 is 5.56 Å². The van der Waals surface area contributed by atoms with Crippen LogP contribution in [0.25, 0.3) is 0 Å². The number of carbonyl (C=O) groups excluding carboxylic acids is 1. The minimum atomic E-state index is -0.149. The predicted molar refractivity (Wildman–Crippen MR) is 95.6 cm³/mol. The van der Waals surface area contributed by atoms with E-state index < -0.39 is 0 Å². The van der Waals surface area contributed by atoms with E-state index in [-0.39, 0.29) is 17.0 Å². The zero-order chi connectivity index (χ0) is 17.3. The molecule has 1 heterocycles. The highest BCUT2D eigenvalue weighted by molar-refractivity contribution is 6.31. The zero-order valence-corrected chi connectivity index (χ0v) is 14.7. The van der Waals surface area contributed by atoms with E-state index in [1.807, 2.05) is 25.2 Å². The highest BCUT2D eigenvalue weighted by atomic mass is 35.5. The number of aromatic nitrogens is 1. The molecule has 3 rings (SSSR count). The lowest BCUT2D eigenvalue weighted by Crippen LogP contribution is -2.52. The zero-order valence-electron chi connectivity index (χ0n) is 14.0. The summed E-state index contributed by atoms with van der Waals surface area (Å²) in [5, 5.41) is 0.611. The van der Waals surface area contributed by atoms with E-state index >= 15 is 0 Å². The summed E-state index contributed by atoms with van der Waals surface area (Å²) in [6.07, 6.45) is 4.83. The maximum Gasteiger partial charge on any atom is 0.255 e. The molecule has 24 heavy (non-hydrogen) atoms. The number of nitrogens with zero attached hydrogens (tertiary/aromatic N) is 2. The summed E-state index contributed by atoms with van der Waals surface area (Å²) < 4.78 is 1.53. The third-order valence-corrected chi connectivity index (χ3v) is 5.44. The number of rotatable bonds is 4. The Morgan fingerprint density at radius 1 is 1.25 bits per heavy atom. The molecule has 1 aromatic heterocycles. The molecule has 5 heteroatoms. The van der Waals surface area contributed by atoms with Gasteiger partial charge in [0.25, 0.3) is 11.5 Å². The van der Waals surface area contributed by atoms with Crippen LogP contribution in [0, 0.1) is 0 Å². The van der Waals surface area contributed by atoms with Crippen molar-refractivity contribution in [1.82, 2.24) is 9.47 Å². The molecule has 0 unspecified atom stereocenters. The van der Waals surface area contributed by atoms with Crippen molar-refractivity contribution in [3.05, 3.63) is 69.1 Å². The van der Waals surface area contributed by atoms with Gasteiger partial charge in [0.15, 0.2) is 0 Å². The van der Waals surface area contributed by atoms with Gasteiger partial charge < -0.3 is 9.47 Å². The van der Waals surface area contributed by atoms with Gasteiger partial charge in [-0.1, -0.05) is 29.8 Å². The average molecular weight is 345 g/mol. The highest BCUT2D eigenvalue weighted by Crippen LogP contribution is 2.36. The first kappa shape index (κ1) is 16.8. The molecule has 2 aromatic rings. The molecule has 0 spiro atoms. The predicted octanol–water partition coefficient (Wildman–Crippen LogP) is 3.56. The Kier molecular flexibility index (Phi) is 4.50. The lowest BCUT2D eigenvalue weighted by atomic mass is 9.77. The van der Waals surface area contributed by atoms with Crippen LogP contribution >= 0.6 is 11.6 Å². The number of halogens is 1. The van der Waals surface area contributed by atoms with E-state index in [9.17, 15) is 9.59 Å². The number of benzene rings is 1. The minimum absolute atomic E-state index is 0.0508. The monoisotopic (exact) mass is 344 g/mol. The first-order valence-electron chi connectivity index (χ1n) is 8.13. The van der Waals surface area contributed by atoms with Gasteiger partial charge in [0, 0.05) is 29.9 Å². The van der Waals surface area contributed by atoms with Crippen LogP contribution in [0.5, 0.6) is 0 Å². The van der Waals surface area contributed by atoms with Crippen molar-refractivity contribution < 1.29 is 4.79 Å². The summed E-state index contributed by atoms with van der Waals surface area (Å²) in [6.45, 7) is 2.45. The van der Waals surface area contributed by atoms with Crippen LogP contribution in [0.2, 0.25) is 5.02 Å². The molecule has 0 saturated heterocycles.